The first-order valence-corrected chi connectivity index (χ1v) is 7.52. The number of nitrogens with zero attached hydrogens (tertiary/aromatic N) is 1. The van der Waals surface area contributed by atoms with Gasteiger partial charge in [-0.25, -0.2) is 0 Å². The van der Waals surface area contributed by atoms with Crippen LogP contribution in [0.15, 0.2) is 42.5 Å². The fourth-order valence-corrected chi connectivity index (χ4v) is 2.27. The highest BCUT2D eigenvalue weighted by Gasteiger charge is 2.09. The van der Waals surface area contributed by atoms with E-state index in [0.29, 0.717) is 29.0 Å². The summed E-state index contributed by atoms with van der Waals surface area (Å²) in [5, 5.41) is 9.02. The van der Waals surface area contributed by atoms with Crippen LogP contribution in [0.25, 0.3) is 0 Å². The molecule has 24 heavy (non-hydrogen) atoms. The van der Waals surface area contributed by atoms with Gasteiger partial charge in [0.25, 0.3) is 0 Å². The third-order valence-corrected chi connectivity index (χ3v) is 3.59. The zero-order chi connectivity index (χ0) is 17.4. The molecule has 0 saturated heterocycles. The van der Waals surface area contributed by atoms with Crippen molar-refractivity contribution in [3.8, 4) is 17.6 Å². The molecule has 5 heteroatoms. The summed E-state index contributed by atoms with van der Waals surface area (Å²) in [6, 6.07) is 14.7. The Kier molecular flexibility index (Phi) is 6.21. The number of benzene rings is 2. The first-order chi connectivity index (χ1) is 11.7. The third kappa shape index (κ3) is 4.50. The predicted octanol–water partition coefficient (Wildman–Crippen LogP) is 3.25. The number of methoxy groups -OCH3 is 2. The molecule has 2 rings (SSSR count). The van der Waals surface area contributed by atoms with Crippen LogP contribution in [0.4, 0.5) is 0 Å². The number of esters is 1. The largest absolute Gasteiger partial charge is 0.493 e. The van der Waals surface area contributed by atoms with Crippen molar-refractivity contribution in [3.63, 3.8) is 0 Å². The maximum absolute atomic E-state index is 11.9. The van der Waals surface area contributed by atoms with Crippen LogP contribution in [-0.2, 0) is 22.6 Å². The molecule has 0 spiro atoms. The van der Waals surface area contributed by atoms with Crippen LogP contribution in [-0.4, -0.2) is 20.2 Å². The first-order valence-electron chi connectivity index (χ1n) is 7.52. The molecule has 0 bridgehead atoms. The summed E-state index contributed by atoms with van der Waals surface area (Å²) in [5.41, 5.74) is 2.19. The van der Waals surface area contributed by atoms with Gasteiger partial charge in [0.2, 0.25) is 0 Å². The van der Waals surface area contributed by atoms with Crippen LogP contribution in [0, 0.1) is 11.3 Å². The molecule has 0 radical (unpaired) electrons. The molecule has 0 heterocycles. The van der Waals surface area contributed by atoms with Crippen molar-refractivity contribution in [3.05, 3.63) is 59.2 Å². The molecule has 0 aliphatic heterocycles. The molecule has 124 valence electrons. The topological polar surface area (TPSA) is 68.5 Å². The molecule has 0 unspecified atom stereocenters. The lowest BCUT2D eigenvalue weighted by atomic mass is 10.1. The van der Waals surface area contributed by atoms with Crippen LogP contribution < -0.4 is 9.47 Å². The van der Waals surface area contributed by atoms with Crippen LogP contribution in [0.5, 0.6) is 11.5 Å². The summed E-state index contributed by atoms with van der Waals surface area (Å²) >= 11 is 0. The van der Waals surface area contributed by atoms with Crippen molar-refractivity contribution in [1.82, 2.24) is 0 Å². The van der Waals surface area contributed by atoms with Gasteiger partial charge < -0.3 is 14.2 Å². The Morgan fingerprint density at radius 2 is 1.83 bits per heavy atom. The Labute approximate surface area is 141 Å². The van der Waals surface area contributed by atoms with Crippen molar-refractivity contribution in [2.45, 2.75) is 19.4 Å². The van der Waals surface area contributed by atoms with E-state index in [2.05, 4.69) is 6.07 Å². The van der Waals surface area contributed by atoms with E-state index in [9.17, 15) is 4.79 Å². The van der Waals surface area contributed by atoms with Gasteiger partial charge >= 0.3 is 5.97 Å². The quantitative estimate of drug-likeness (QED) is 0.731. The van der Waals surface area contributed by atoms with Crippen molar-refractivity contribution in [2.75, 3.05) is 14.2 Å². The highest BCUT2D eigenvalue weighted by atomic mass is 16.5. The summed E-state index contributed by atoms with van der Waals surface area (Å²) in [6.07, 6.45) is 0.795. The smallest absolute Gasteiger partial charge is 0.306 e. The summed E-state index contributed by atoms with van der Waals surface area (Å²) < 4.78 is 15.7. The summed E-state index contributed by atoms with van der Waals surface area (Å²) in [7, 11) is 3.15. The second-order valence-corrected chi connectivity index (χ2v) is 5.12. The molecule has 0 atom stereocenters. The first kappa shape index (κ1) is 17.4. The van der Waals surface area contributed by atoms with E-state index in [4.69, 9.17) is 19.5 Å². The Morgan fingerprint density at radius 1 is 1.08 bits per heavy atom. The van der Waals surface area contributed by atoms with Crippen LogP contribution in [0.1, 0.15) is 23.1 Å². The number of ether oxygens (including phenoxy) is 3. The van der Waals surface area contributed by atoms with E-state index in [0.717, 1.165) is 5.56 Å². The van der Waals surface area contributed by atoms with E-state index >= 15 is 0 Å². The maximum Gasteiger partial charge on any atom is 0.306 e. The Morgan fingerprint density at radius 3 is 2.54 bits per heavy atom. The van der Waals surface area contributed by atoms with Gasteiger partial charge in [-0.2, -0.15) is 5.26 Å². The minimum atomic E-state index is -0.308. The molecule has 0 aromatic heterocycles. The second kappa shape index (κ2) is 8.59. The van der Waals surface area contributed by atoms with Crippen molar-refractivity contribution < 1.29 is 19.0 Å². The highest BCUT2D eigenvalue weighted by Crippen LogP contribution is 2.28. The standard InChI is InChI=1S/C19H19NO4/c1-22-17-9-7-14(11-18(17)23-2)8-10-19(21)24-13-16-6-4-3-5-15(16)12-20/h3-7,9,11H,8,10,13H2,1-2H3. The van der Waals surface area contributed by atoms with E-state index in [-0.39, 0.29) is 19.0 Å². The zero-order valence-corrected chi connectivity index (χ0v) is 13.7. The lowest BCUT2D eigenvalue weighted by Gasteiger charge is -2.10. The van der Waals surface area contributed by atoms with Crippen LogP contribution in [0.3, 0.4) is 0 Å². The lowest BCUT2D eigenvalue weighted by Crippen LogP contribution is -2.07. The molecule has 0 fully saturated rings. The van der Waals surface area contributed by atoms with Gasteiger partial charge in [0.15, 0.2) is 11.5 Å². The fraction of sp³-hybridized carbons (Fsp3) is 0.263. The molecule has 0 aliphatic carbocycles. The molecule has 0 amide bonds. The zero-order valence-electron chi connectivity index (χ0n) is 13.7. The summed E-state index contributed by atoms with van der Waals surface area (Å²) in [4.78, 5) is 11.9. The third-order valence-electron chi connectivity index (χ3n) is 3.59. The van der Waals surface area contributed by atoms with E-state index < -0.39 is 0 Å². The van der Waals surface area contributed by atoms with Gasteiger partial charge in [-0.1, -0.05) is 24.3 Å². The molecule has 0 N–H and O–H groups in total. The molecule has 5 nitrogen and oxygen atoms in total. The molecule has 0 aliphatic rings. The van der Waals surface area contributed by atoms with E-state index in [1.165, 1.54) is 0 Å². The number of nitriles is 1. The number of carbonyl (C=O) groups excluding carboxylic acids is 1. The monoisotopic (exact) mass is 325 g/mol. The van der Waals surface area contributed by atoms with Crippen molar-refractivity contribution >= 4 is 5.97 Å². The van der Waals surface area contributed by atoms with Crippen LogP contribution in [0.2, 0.25) is 0 Å². The fourth-order valence-electron chi connectivity index (χ4n) is 2.27. The van der Waals surface area contributed by atoms with Gasteiger partial charge in [0.05, 0.1) is 25.9 Å². The number of hydrogen-bond donors (Lipinski definition) is 0. The lowest BCUT2D eigenvalue weighted by molar-refractivity contribution is -0.144. The van der Waals surface area contributed by atoms with Crippen molar-refractivity contribution in [1.29, 1.82) is 5.26 Å². The predicted molar refractivity (Wildman–Crippen MR) is 88.8 cm³/mol. The van der Waals surface area contributed by atoms with E-state index in [1.807, 2.05) is 24.3 Å². The molecule has 0 saturated carbocycles. The van der Waals surface area contributed by atoms with Gasteiger partial charge in [0, 0.05) is 12.0 Å². The van der Waals surface area contributed by atoms with Gasteiger partial charge in [-0.3, -0.25) is 4.79 Å². The van der Waals surface area contributed by atoms with Crippen molar-refractivity contribution in [2.24, 2.45) is 0 Å². The number of rotatable bonds is 7. The second-order valence-electron chi connectivity index (χ2n) is 5.12. The average molecular weight is 325 g/mol. The molecule has 2 aromatic carbocycles. The number of hydrogen-bond acceptors (Lipinski definition) is 5. The van der Waals surface area contributed by atoms with Crippen LogP contribution >= 0.6 is 0 Å². The van der Waals surface area contributed by atoms with Gasteiger partial charge in [-0.15, -0.1) is 0 Å². The highest BCUT2D eigenvalue weighted by molar-refractivity contribution is 5.69. The summed E-state index contributed by atoms with van der Waals surface area (Å²) in [6.45, 7) is 0.106. The SMILES string of the molecule is COc1ccc(CCC(=O)OCc2ccccc2C#N)cc1OC. The molecule has 2 aromatic rings. The average Bonchev–Trinajstić information content (AvgIpc) is 2.64. The minimum absolute atomic E-state index is 0.106. The normalized spacial score (nSPS) is 9.88. The number of aryl methyl sites for hydroxylation is 1. The Balaban J connectivity index is 1.88. The Bertz CT molecular complexity index is 749. The van der Waals surface area contributed by atoms with E-state index in [1.54, 1.807) is 32.4 Å². The summed E-state index contributed by atoms with van der Waals surface area (Å²) in [5.74, 6) is 0.973. The maximum atomic E-state index is 11.9. The minimum Gasteiger partial charge on any atom is -0.493 e. The Hall–Kier alpha value is -3.00. The van der Waals surface area contributed by atoms with Gasteiger partial charge in [0.1, 0.15) is 6.61 Å². The van der Waals surface area contributed by atoms with Gasteiger partial charge in [-0.05, 0) is 30.2 Å². The number of carbonyl (C=O) groups is 1. The molecular formula is C19H19NO4. The molecular weight excluding hydrogens is 306 g/mol.